The van der Waals surface area contributed by atoms with Gasteiger partial charge in [0.2, 0.25) is 0 Å². The number of ether oxygens (including phenoxy) is 2. The minimum absolute atomic E-state index is 0.0911. The van der Waals surface area contributed by atoms with Gasteiger partial charge in [-0.25, -0.2) is 8.78 Å². The minimum atomic E-state index is -0.876. The number of phenolic OH excluding ortho intramolecular Hbond substituents is 1. The Morgan fingerprint density at radius 3 is 2.84 bits per heavy atom. The standard InChI is InChI=1S/C33H39F2N7O3/c1-18-25-19(5-10-44-18)11-23(43)12-24(25)29-27(35)28-26(30-36-7-9-42(29)30)31(40-15-21-3-4-22(16-40)37-21)39-32(38-28)45-17-33-6-2-8-41(33)14-20(34)13-33/h11-12,18,20-22,37,43H,2-10,13-17H2,1H3/t18?,20-,21-,22+,33+/m1/s1. The number of hydrogen-bond acceptors (Lipinski definition) is 10. The maximum absolute atomic E-state index is 17.3. The number of aliphatic imine (C=N–C) groups is 1. The molecular weight excluding hydrogens is 580 g/mol. The average Bonchev–Trinajstić information content (AvgIpc) is 3.79. The summed E-state index contributed by atoms with van der Waals surface area (Å²) in [5.74, 6) is 0.882. The van der Waals surface area contributed by atoms with Crippen LogP contribution in [0.3, 0.4) is 0 Å². The maximum Gasteiger partial charge on any atom is 0.319 e. The van der Waals surface area contributed by atoms with Crippen molar-refractivity contribution in [2.75, 3.05) is 57.4 Å². The van der Waals surface area contributed by atoms with Crippen molar-refractivity contribution in [3.05, 3.63) is 40.1 Å². The highest BCUT2D eigenvalue weighted by molar-refractivity contribution is 6.16. The number of anilines is 1. The fraction of sp³-hybridized carbons (Fsp3) is 0.606. The number of fused-ring (bicyclic) bond motifs is 7. The topological polar surface area (TPSA) is 98.6 Å². The Bertz CT molecular complexity index is 1620. The summed E-state index contributed by atoms with van der Waals surface area (Å²) >= 11 is 0. The fourth-order valence-electron chi connectivity index (χ4n) is 9.09. The number of nitrogens with zero attached hydrogens (tertiary/aromatic N) is 6. The van der Waals surface area contributed by atoms with Crippen LogP contribution in [0.1, 0.15) is 73.1 Å². The van der Waals surface area contributed by atoms with Crippen molar-refractivity contribution in [1.29, 1.82) is 0 Å². The van der Waals surface area contributed by atoms with Gasteiger partial charge in [-0.2, -0.15) is 9.97 Å². The molecular formula is C33H39F2N7O3. The van der Waals surface area contributed by atoms with E-state index >= 15 is 4.39 Å². The molecule has 1 aromatic carbocycles. The number of halogens is 2. The normalized spacial score (nSPS) is 32.0. The van der Waals surface area contributed by atoms with Gasteiger partial charge in [0.25, 0.3) is 0 Å². The summed E-state index contributed by atoms with van der Waals surface area (Å²) in [5, 5.41) is 14.4. The van der Waals surface area contributed by atoms with Gasteiger partial charge in [0, 0.05) is 50.2 Å². The van der Waals surface area contributed by atoms with E-state index in [2.05, 4.69) is 15.1 Å². The highest BCUT2D eigenvalue weighted by atomic mass is 19.1. The SMILES string of the molecule is CC1OCCc2cc(O)cc(C3=C(F)c4nc(OC[C@@]56CCCN5C[C@H](F)C6)nc(N5C[C@H]6CC[C@@H](C5)N6)c4C4=NCCN43)c21. The largest absolute Gasteiger partial charge is 0.508 e. The summed E-state index contributed by atoms with van der Waals surface area (Å²) in [6, 6.07) is 4.18. The Labute approximate surface area is 261 Å². The second-order valence-corrected chi connectivity index (χ2v) is 13.8. The Kier molecular flexibility index (Phi) is 6.41. The summed E-state index contributed by atoms with van der Waals surface area (Å²) in [5.41, 5.74) is 3.14. The molecule has 0 saturated carbocycles. The molecule has 4 saturated heterocycles. The van der Waals surface area contributed by atoms with E-state index in [0.717, 1.165) is 56.4 Å². The van der Waals surface area contributed by atoms with Crippen LogP contribution in [0.4, 0.5) is 14.6 Å². The summed E-state index contributed by atoms with van der Waals surface area (Å²) in [6.07, 6.45) is 3.98. The van der Waals surface area contributed by atoms with Gasteiger partial charge < -0.3 is 29.7 Å². The van der Waals surface area contributed by atoms with E-state index in [1.54, 1.807) is 12.1 Å². The molecule has 2 N–H and O–H groups in total. The van der Waals surface area contributed by atoms with Crippen LogP contribution in [-0.2, 0) is 11.2 Å². The lowest BCUT2D eigenvalue weighted by Crippen LogP contribution is -2.52. The van der Waals surface area contributed by atoms with E-state index in [1.807, 2.05) is 11.8 Å². The minimum Gasteiger partial charge on any atom is -0.508 e. The second-order valence-electron chi connectivity index (χ2n) is 13.8. The first-order valence-electron chi connectivity index (χ1n) is 16.5. The zero-order valence-electron chi connectivity index (χ0n) is 25.6. The molecule has 0 amide bonds. The molecule has 12 heteroatoms. The van der Waals surface area contributed by atoms with Gasteiger partial charge >= 0.3 is 6.01 Å². The smallest absolute Gasteiger partial charge is 0.319 e. The highest BCUT2D eigenvalue weighted by Crippen LogP contribution is 2.47. The zero-order valence-corrected chi connectivity index (χ0v) is 25.6. The molecule has 45 heavy (non-hydrogen) atoms. The first-order valence-corrected chi connectivity index (χ1v) is 16.5. The Morgan fingerprint density at radius 2 is 2.00 bits per heavy atom. The second kappa shape index (κ2) is 10.3. The molecule has 8 heterocycles. The quantitative estimate of drug-likeness (QED) is 0.521. The molecule has 7 aliphatic heterocycles. The predicted octanol–water partition coefficient (Wildman–Crippen LogP) is 3.58. The molecule has 5 atom stereocenters. The molecule has 2 bridgehead atoms. The van der Waals surface area contributed by atoms with Gasteiger partial charge in [-0.15, -0.1) is 0 Å². The first kappa shape index (κ1) is 27.9. The molecule has 2 aromatic rings. The number of amidine groups is 1. The molecule has 7 aliphatic rings. The number of phenols is 1. The van der Waals surface area contributed by atoms with Crippen molar-refractivity contribution in [2.24, 2.45) is 4.99 Å². The lowest BCUT2D eigenvalue weighted by Gasteiger charge is -2.38. The third kappa shape index (κ3) is 4.39. The number of nitrogens with one attached hydrogen (secondary N) is 1. The summed E-state index contributed by atoms with van der Waals surface area (Å²) in [6.45, 7) is 6.57. The number of aromatic nitrogens is 2. The van der Waals surface area contributed by atoms with Crippen molar-refractivity contribution in [1.82, 2.24) is 25.1 Å². The van der Waals surface area contributed by atoms with Gasteiger partial charge in [0.1, 0.15) is 35.9 Å². The Hall–Kier alpha value is -3.35. The van der Waals surface area contributed by atoms with Crippen molar-refractivity contribution in [2.45, 2.75) is 75.3 Å². The molecule has 10 nitrogen and oxygen atoms in total. The number of alkyl halides is 1. The summed E-state index contributed by atoms with van der Waals surface area (Å²) in [4.78, 5) is 21.0. The molecule has 4 fully saturated rings. The van der Waals surface area contributed by atoms with Crippen molar-refractivity contribution < 1.29 is 23.4 Å². The fourth-order valence-corrected chi connectivity index (χ4v) is 9.09. The van der Waals surface area contributed by atoms with Crippen LogP contribution in [0.5, 0.6) is 11.8 Å². The van der Waals surface area contributed by atoms with E-state index < -0.39 is 12.0 Å². The molecule has 238 valence electrons. The van der Waals surface area contributed by atoms with E-state index in [4.69, 9.17) is 24.4 Å². The molecule has 0 radical (unpaired) electrons. The number of aromatic hydroxyl groups is 1. The van der Waals surface area contributed by atoms with Gasteiger partial charge in [-0.3, -0.25) is 9.89 Å². The van der Waals surface area contributed by atoms with Crippen LogP contribution in [-0.4, -0.2) is 107 Å². The van der Waals surface area contributed by atoms with Crippen LogP contribution >= 0.6 is 0 Å². The lowest BCUT2D eigenvalue weighted by molar-refractivity contribution is 0.0551. The average molecular weight is 620 g/mol. The Morgan fingerprint density at radius 1 is 1.16 bits per heavy atom. The van der Waals surface area contributed by atoms with Gasteiger partial charge in [-0.05, 0) is 68.8 Å². The van der Waals surface area contributed by atoms with Crippen molar-refractivity contribution >= 4 is 23.2 Å². The molecule has 0 spiro atoms. The Balaban J connectivity index is 1.20. The monoisotopic (exact) mass is 619 g/mol. The van der Waals surface area contributed by atoms with Crippen LogP contribution < -0.4 is 15.0 Å². The number of benzene rings is 1. The highest BCUT2D eigenvalue weighted by Gasteiger charge is 2.50. The molecule has 0 aliphatic carbocycles. The van der Waals surface area contributed by atoms with Gasteiger partial charge in [0.05, 0.1) is 36.1 Å². The summed E-state index contributed by atoms with van der Waals surface area (Å²) < 4.78 is 44.2. The third-order valence-corrected chi connectivity index (χ3v) is 11.0. The number of rotatable bonds is 5. The van der Waals surface area contributed by atoms with E-state index in [9.17, 15) is 9.50 Å². The van der Waals surface area contributed by atoms with Gasteiger partial charge in [-0.1, -0.05) is 0 Å². The predicted molar refractivity (Wildman–Crippen MR) is 165 cm³/mol. The molecule has 1 aromatic heterocycles. The van der Waals surface area contributed by atoms with E-state index in [0.29, 0.717) is 79.6 Å². The molecule has 1 unspecified atom stereocenters. The first-order chi connectivity index (χ1) is 21.9. The van der Waals surface area contributed by atoms with Crippen LogP contribution in [0.25, 0.3) is 11.5 Å². The third-order valence-electron chi connectivity index (χ3n) is 11.0. The number of piperazine rings is 1. The molecule has 9 rings (SSSR count). The number of hydrogen-bond donors (Lipinski definition) is 2. The van der Waals surface area contributed by atoms with Crippen molar-refractivity contribution in [3.8, 4) is 11.8 Å². The summed E-state index contributed by atoms with van der Waals surface area (Å²) in [7, 11) is 0. The lowest BCUT2D eigenvalue weighted by atomic mass is 9.89. The maximum atomic E-state index is 17.3. The van der Waals surface area contributed by atoms with E-state index in [-0.39, 0.29) is 35.7 Å². The van der Waals surface area contributed by atoms with Gasteiger partial charge in [0.15, 0.2) is 5.83 Å². The van der Waals surface area contributed by atoms with Crippen LogP contribution in [0.2, 0.25) is 0 Å². The van der Waals surface area contributed by atoms with E-state index in [1.165, 1.54) is 0 Å². The van der Waals surface area contributed by atoms with Crippen LogP contribution in [0, 0.1) is 0 Å². The van der Waals surface area contributed by atoms with Crippen molar-refractivity contribution in [3.63, 3.8) is 0 Å². The zero-order chi connectivity index (χ0) is 30.4. The van der Waals surface area contributed by atoms with Crippen LogP contribution in [0.15, 0.2) is 17.1 Å².